The first-order valence-corrected chi connectivity index (χ1v) is 8.90. The van der Waals surface area contributed by atoms with Gasteiger partial charge in [0.05, 0.1) is 5.69 Å². The average Bonchev–Trinajstić information content (AvgIpc) is 3.02. The fourth-order valence-corrected chi connectivity index (χ4v) is 6.32. The van der Waals surface area contributed by atoms with Gasteiger partial charge >= 0.3 is 0 Å². The molecule has 0 spiro atoms. The van der Waals surface area contributed by atoms with Crippen LogP contribution in [0.2, 0.25) is 0 Å². The van der Waals surface area contributed by atoms with Crippen LogP contribution >= 0.6 is 11.3 Å². The van der Waals surface area contributed by atoms with E-state index in [1.807, 2.05) is 11.3 Å². The maximum absolute atomic E-state index is 4.99. The van der Waals surface area contributed by atoms with Gasteiger partial charge in [-0.15, -0.1) is 11.3 Å². The normalized spacial score (nSPS) is 43.7. The molecular formula is C16H22N2S. The highest BCUT2D eigenvalue weighted by atomic mass is 32.1. The Bertz CT molecular complexity index is 467. The zero-order valence-electron chi connectivity index (χ0n) is 11.4. The molecule has 0 aromatic carbocycles. The second-order valence-corrected chi connectivity index (χ2v) is 8.51. The molecule has 1 aromatic rings. The van der Waals surface area contributed by atoms with Crippen LogP contribution < -0.4 is 5.32 Å². The maximum Gasteiger partial charge on any atom is 0.183 e. The third-order valence-electron chi connectivity index (χ3n) is 5.99. The number of anilines is 1. The molecule has 0 aliphatic heterocycles. The van der Waals surface area contributed by atoms with Gasteiger partial charge in [-0.2, -0.15) is 0 Å². The van der Waals surface area contributed by atoms with Crippen molar-refractivity contribution in [1.29, 1.82) is 0 Å². The Morgan fingerprint density at radius 2 is 1.68 bits per heavy atom. The zero-order chi connectivity index (χ0) is 12.4. The lowest BCUT2D eigenvalue weighted by molar-refractivity contribution is -0.00688. The molecule has 6 rings (SSSR count). The van der Waals surface area contributed by atoms with Crippen molar-refractivity contribution in [3.8, 4) is 0 Å². The Kier molecular flexibility index (Phi) is 2.20. The summed E-state index contributed by atoms with van der Waals surface area (Å²) in [6, 6.07) is 0.732. The second-order valence-electron chi connectivity index (χ2n) is 7.65. The van der Waals surface area contributed by atoms with E-state index >= 15 is 0 Å². The van der Waals surface area contributed by atoms with Gasteiger partial charge in [-0.3, -0.25) is 0 Å². The van der Waals surface area contributed by atoms with E-state index in [2.05, 4.69) is 10.7 Å². The van der Waals surface area contributed by atoms with Crippen LogP contribution in [0.3, 0.4) is 0 Å². The quantitative estimate of drug-likeness (QED) is 0.894. The minimum absolute atomic E-state index is 0.481. The summed E-state index contributed by atoms with van der Waals surface area (Å²) in [5.41, 5.74) is 1.93. The van der Waals surface area contributed by atoms with Crippen LogP contribution in [0, 0.1) is 17.8 Å². The lowest BCUT2D eigenvalue weighted by Crippen LogP contribution is -2.48. The van der Waals surface area contributed by atoms with Crippen molar-refractivity contribution < 1.29 is 0 Å². The minimum atomic E-state index is 0.481. The molecule has 3 heteroatoms. The van der Waals surface area contributed by atoms with Crippen molar-refractivity contribution in [2.75, 3.05) is 5.32 Å². The molecule has 0 radical (unpaired) electrons. The van der Waals surface area contributed by atoms with E-state index < -0.39 is 0 Å². The molecule has 0 unspecified atom stereocenters. The van der Waals surface area contributed by atoms with Crippen molar-refractivity contribution >= 4 is 16.5 Å². The van der Waals surface area contributed by atoms with Gasteiger partial charge in [0.1, 0.15) is 0 Å². The van der Waals surface area contributed by atoms with Gasteiger partial charge in [-0.05, 0) is 69.1 Å². The molecule has 2 nitrogen and oxygen atoms in total. The highest BCUT2D eigenvalue weighted by Gasteiger charge is 2.52. The van der Waals surface area contributed by atoms with E-state index in [9.17, 15) is 0 Å². The smallest absolute Gasteiger partial charge is 0.183 e. The van der Waals surface area contributed by atoms with E-state index in [1.54, 1.807) is 0 Å². The Labute approximate surface area is 119 Å². The number of thiazole rings is 1. The zero-order valence-corrected chi connectivity index (χ0v) is 12.2. The summed E-state index contributed by atoms with van der Waals surface area (Å²) in [6.45, 7) is 0. The molecule has 5 aliphatic rings. The predicted octanol–water partition coefficient (Wildman–Crippen LogP) is 4.19. The summed E-state index contributed by atoms with van der Waals surface area (Å²) in [5, 5.41) is 7.14. The number of aromatic nitrogens is 1. The highest BCUT2D eigenvalue weighted by molar-refractivity contribution is 7.13. The summed E-state index contributed by atoms with van der Waals surface area (Å²) in [5.74, 6) is 3.06. The predicted molar refractivity (Wildman–Crippen MR) is 78.6 cm³/mol. The van der Waals surface area contributed by atoms with E-state index in [1.165, 1.54) is 62.2 Å². The molecule has 4 bridgehead atoms. The molecule has 5 aliphatic carbocycles. The third kappa shape index (κ3) is 1.77. The van der Waals surface area contributed by atoms with Crippen LogP contribution in [-0.2, 0) is 5.41 Å². The molecule has 1 N–H and O–H groups in total. The first-order chi connectivity index (χ1) is 9.29. The van der Waals surface area contributed by atoms with Crippen LogP contribution in [-0.4, -0.2) is 11.0 Å². The molecule has 1 heterocycles. The summed E-state index contributed by atoms with van der Waals surface area (Å²) in [7, 11) is 0. The van der Waals surface area contributed by atoms with Crippen LogP contribution in [0.25, 0.3) is 0 Å². The van der Waals surface area contributed by atoms with E-state index in [0.29, 0.717) is 5.41 Å². The molecule has 5 saturated carbocycles. The topological polar surface area (TPSA) is 24.9 Å². The molecule has 19 heavy (non-hydrogen) atoms. The number of hydrogen-bond donors (Lipinski definition) is 1. The van der Waals surface area contributed by atoms with Crippen molar-refractivity contribution in [1.82, 2.24) is 4.98 Å². The largest absolute Gasteiger partial charge is 0.359 e. The van der Waals surface area contributed by atoms with Crippen LogP contribution in [0.4, 0.5) is 5.13 Å². The standard InChI is InChI=1S/C16H22N2S/c1-2-13(1)17-15-18-14(9-19-15)16-6-10-3-11(7-16)5-12(4-10)8-16/h9-13H,1-8H2,(H,17,18). The van der Waals surface area contributed by atoms with Gasteiger partial charge < -0.3 is 5.32 Å². The molecule has 0 saturated heterocycles. The lowest BCUT2D eigenvalue weighted by Gasteiger charge is -2.56. The highest BCUT2D eigenvalue weighted by Crippen LogP contribution is 2.60. The molecule has 1 aromatic heterocycles. The lowest BCUT2D eigenvalue weighted by atomic mass is 9.49. The molecule has 0 atom stereocenters. The third-order valence-corrected chi connectivity index (χ3v) is 6.76. The number of nitrogens with zero attached hydrogens (tertiary/aromatic N) is 1. The Hall–Kier alpha value is -0.570. The molecule has 0 amide bonds. The summed E-state index contributed by atoms with van der Waals surface area (Å²) in [6.07, 6.45) is 11.6. The molecule has 5 fully saturated rings. The molecule has 102 valence electrons. The number of nitrogens with one attached hydrogen (secondary N) is 1. The van der Waals surface area contributed by atoms with Crippen LogP contribution in [0.1, 0.15) is 57.1 Å². The fraction of sp³-hybridized carbons (Fsp3) is 0.812. The van der Waals surface area contributed by atoms with Gasteiger partial charge in [0, 0.05) is 16.8 Å². The Morgan fingerprint density at radius 3 is 2.26 bits per heavy atom. The van der Waals surface area contributed by atoms with Crippen molar-refractivity contribution in [2.24, 2.45) is 17.8 Å². The van der Waals surface area contributed by atoms with Crippen LogP contribution in [0.15, 0.2) is 5.38 Å². The van der Waals surface area contributed by atoms with Gasteiger partial charge in [0.2, 0.25) is 0 Å². The van der Waals surface area contributed by atoms with Gasteiger partial charge in [0.25, 0.3) is 0 Å². The summed E-state index contributed by atoms with van der Waals surface area (Å²) in [4.78, 5) is 4.99. The number of hydrogen-bond acceptors (Lipinski definition) is 3. The number of rotatable bonds is 3. The Balaban J connectivity index is 1.46. The van der Waals surface area contributed by atoms with Gasteiger partial charge in [-0.25, -0.2) is 4.98 Å². The van der Waals surface area contributed by atoms with E-state index in [-0.39, 0.29) is 0 Å². The summed E-state index contributed by atoms with van der Waals surface area (Å²) < 4.78 is 0. The molecular weight excluding hydrogens is 252 g/mol. The second kappa shape index (κ2) is 3.75. The minimum Gasteiger partial charge on any atom is -0.359 e. The monoisotopic (exact) mass is 274 g/mol. The van der Waals surface area contributed by atoms with Gasteiger partial charge in [0.15, 0.2) is 5.13 Å². The van der Waals surface area contributed by atoms with Crippen molar-refractivity contribution in [2.45, 2.75) is 62.8 Å². The van der Waals surface area contributed by atoms with E-state index in [4.69, 9.17) is 4.98 Å². The first kappa shape index (κ1) is 11.1. The average molecular weight is 274 g/mol. The van der Waals surface area contributed by atoms with Crippen molar-refractivity contribution in [3.63, 3.8) is 0 Å². The SMILES string of the molecule is c1sc(NC2CC2)nc1C12CC3CC(CC(C3)C1)C2. The fourth-order valence-electron chi connectivity index (χ4n) is 5.41. The maximum atomic E-state index is 4.99. The first-order valence-electron chi connectivity index (χ1n) is 8.02. The van der Waals surface area contributed by atoms with E-state index in [0.717, 1.165) is 23.8 Å². The summed E-state index contributed by atoms with van der Waals surface area (Å²) >= 11 is 1.84. The Morgan fingerprint density at radius 1 is 1.05 bits per heavy atom. The van der Waals surface area contributed by atoms with Crippen molar-refractivity contribution in [3.05, 3.63) is 11.1 Å². The van der Waals surface area contributed by atoms with Crippen LogP contribution in [0.5, 0.6) is 0 Å². The van der Waals surface area contributed by atoms with Gasteiger partial charge in [-0.1, -0.05) is 0 Å².